The maximum atomic E-state index is 14.0. The lowest BCUT2D eigenvalue weighted by atomic mass is 9.95. The summed E-state index contributed by atoms with van der Waals surface area (Å²) in [5, 5.41) is 22.7. The van der Waals surface area contributed by atoms with Crippen molar-refractivity contribution in [1.29, 1.82) is 0 Å². The van der Waals surface area contributed by atoms with E-state index in [9.17, 15) is 28.8 Å². The van der Waals surface area contributed by atoms with Crippen LogP contribution in [-0.4, -0.2) is 122 Å². The molecule has 4 heterocycles. The summed E-state index contributed by atoms with van der Waals surface area (Å²) in [6, 6.07) is 16.3. The van der Waals surface area contributed by atoms with Crippen LogP contribution < -0.4 is 21.3 Å². The van der Waals surface area contributed by atoms with Crippen LogP contribution in [0.2, 0.25) is 5.02 Å². The van der Waals surface area contributed by atoms with E-state index in [1.165, 1.54) is 17.1 Å². The number of carbonyl (C=O) groups excluding carboxylic acids is 6. The molecule has 7 rings (SSSR count). The van der Waals surface area contributed by atoms with Crippen molar-refractivity contribution in [2.45, 2.75) is 51.7 Å². The average Bonchev–Trinajstić information content (AvgIpc) is 3.95. The standard InChI is InChI=1S/C42H46ClN11O8/c1-42(2,3)62-40(59)34-22-27-21-30(9-10-31(27)47-34)45-36(55)33(49-38(57)37(56)48-32-23-28(43)6-11-35(32)54-24-44-50-51-54)20-25-4-7-29(8-5-25)46-41(60)53-14-12-26(13-15-53)39(58)52-16-18-61-19-17-52/h4-11,21-24,26,33,47H,12-20H2,1-3H3,(H,45,55)(H,46,60)(H,48,56)(H,49,57)/t33-/m0/s1. The van der Waals surface area contributed by atoms with Gasteiger partial charge in [-0.05, 0) is 104 Å². The molecule has 0 saturated carbocycles. The Morgan fingerprint density at radius 2 is 1.58 bits per heavy atom. The highest BCUT2D eigenvalue weighted by Gasteiger charge is 2.31. The third kappa shape index (κ3) is 10.9. The molecule has 0 unspecified atom stereocenters. The van der Waals surface area contributed by atoms with Gasteiger partial charge < -0.3 is 45.5 Å². The summed E-state index contributed by atoms with van der Waals surface area (Å²) >= 11 is 6.20. The fourth-order valence-corrected chi connectivity index (χ4v) is 7.28. The largest absolute Gasteiger partial charge is 0.455 e. The number of likely N-dealkylation sites (tertiary alicyclic amines) is 1. The summed E-state index contributed by atoms with van der Waals surface area (Å²) in [7, 11) is 0. The Labute approximate surface area is 360 Å². The molecule has 19 nitrogen and oxygen atoms in total. The van der Waals surface area contributed by atoms with E-state index in [4.69, 9.17) is 21.1 Å². The second-order valence-electron chi connectivity index (χ2n) is 15.9. The molecule has 1 atom stereocenters. The SMILES string of the molecule is CC(C)(C)OC(=O)c1cc2cc(NC(=O)[C@H](Cc3ccc(NC(=O)N4CCC(C(=O)N5CCOCC5)CC4)cc3)NC(=O)C(=O)Nc3cc(Cl)ccc3-n3cnnn3)ccc2[nH]1. The van der Waals surface area contributed by atoms with Crippen LogP contribution in [0.15, 0.2) is 73.1 Å². The maximum absolute atomic E-state index is 14.0. The van der Waals surface area contributed by atoms with E-state index in [-0.39, 0.29) is 40.7 Å². The molecular formula is C42H46ClN11O8. The number of amides is 6. The first kappa shape index (κ1) is 43.2. The molecule has 5 aromatic rings. The number of halogens is 1. The first-order chi connectivity index (χ1) is 29.7. The number of carbonyl (C=O) groups is 6. The third-order valence-electron chi connectivity index (χ3n) is 10.2. The lowest BCUT2D eigenvalue weighted by Crippen LogP contribution is -2.49. The molecule has 0 spiro atoms. The van der Waals surface area contributed by atoms with Crippen LogP contribution >= 0.6 is 11.6 Å². The highest BCUT2D eigenvalue weighted by atomic mass is 35.5. The third-order valence-corrected chi connectivity index (χ3v) is 10.5. The van der Waals surface area contributed by atoms with Gasteiger partial charge in [0, 0.05) is 65.8 Å². The van der Waals surface area contributed by atoms with Gasteiger partial charge in [0.15, 0.2) is 0 Å². The molecular weight excluding hydrogens is 822 g/mol. The predicted molar refractivity (Wildman–Crippen MR) is 228 cm³/mol. The van der Waals surface area contributed by atoms with Crippen LogP contribution in [-0.2, 0) is 35.1 Å². The highest BCUT2D eigenvalue weighted by molar-refractivity contribution is 6.40. The van der Waals surface area contributed by atoms with Gasteiger partial charge in [-0.1, -0.05) is 23.7 Å². The maximum Gasteiger partial charge on any atom is 0.355 e. The van der Waals surface area contributed by atoms with Crippen molar-refractivity contribution in [2.24, 2.45) is 5.92 Å². The van der Waals surface area contributed by atoms with Crippen molar-refractivity contribution in [3.63, 3.8) is 0 Å². The number of aromatic nitrogens is 5. The van der Waals surface area contributed by atoms with Crippen LogP contribution in [0.1, 0.15) is 49.7 Å². The van der Waals surface area contributed by atoms with Crippen LogP contribution in [0.25, 0.3) is 16.6 Å². The van der Waals surface area contributed by atoms with Gasteiger partial charge in [0.25, 0.3) is 0 Å². The first-order valence-corrected chi connectivity index (χ1v) is 20.4. The Morgan fingerprint density at radius 1 is 0.855 bits per heavy atom. The molecule has 0 bridgehead atoms. The summed E-state index contributed by atoms with van der Waals surface area (Å²) < 4.78 is 12.1. The number of esters is 1. The highest BCUT2D eigenvalue weighted by Crippen LogP contribution is 2.26. The molecule has 20 heteroatoms. The zero-order chi connectivity index (χ0) is 44.0. The summed E-state index contributed by atoms with van der Waals surface area (Å²) in [6.07, 6.45) is 2.40. The number of nitrogens with one attached hydrogen (secondary N) is 5. The van der Waals surface area contributed by atoms with Crippen molar-refractivity contribution in [3.8, 4) is 5.69 Å². The zero-order valence-corrected chi connectivity index (χ0v) is 35.0. The van der Waals surface area contributed by atoms with Gasteiger partial charge in [-0.3, -0.25) is 19.2 Å². The van der Waals surface area contributed by atoms with Crippen LogP contribution in [0.4, 0.5) is 21.9 Å². The summed E-state index contributed by atoms with van der Waals surface area (Å²) in [5.41, 5.74) is 2.10. The fourth-order valence-electron chi connectivity index (χ4n) is 7.11. The minimum absolute atomic E-state index is 0.0496. The number of piperidine rings is 1. The predicted octanol–water partition coefficient (Wildman–Crippen LogP) is 4.16. The van der Waals surface area contributed by atoms with Crippen molar-refractivity contribution in [1.82, 2.24) is 40.3 Å². The number of urea groups is 1. The smallest absolute Gasteiger partial charge is 0.355 e. The van der Waals surface area contributed by atoms with Crippen molar-refractivity contribution < 1.29 is 38.2 Å². The molecule has 0 aliphatic carbocycles. The second kappa shape index (κ2) is 18.8. The number of nitrogens with zero attached hydrogens (tertiary/aromatic N) is 6. The second-order valence-corrected chi connectivity index (χ2v) is 16.3. The van der Waals surface area contributed by atoms with Crippen molar-refractivity contribution >= 4 is 75.2 Å². The van der Waals surface area contributed by atoms with E-state index in [0.29, 0.717) is 85.8 Å². The number of tetrazole rings is 1. The molecule has 62 heavy (non-hydrogen) atoms. The zero-order valence-electron chi connectivity index (χ0n) is 34.3. The van der Waals surface area contributed by atoms with Gasteiger partial charge >= 0.3 is 23.8 Å². The number of aromatic amines is 1. The molecule has 0 radical (unpaired) electrons. The number of morpholine rings is 1. The number of hydrogen-bond acceptors (Lipinski definition) is 11. The van der Waals surface area contributed by atoms with E-state index in [1.807, 2.05) is 4.90 Å². The Bertz CT molecular complexity index is 2450. The van der Waals surface area contributed by atoms with Gasteiger partial charge in [-0.25, -0.2) is 9.59 Å². The van der Waals surface area contributed by atoms with Gasteiger partial charge in [0.2, 0.25) is 11.8 Å². The molecule has 2 aromatic heterocycles. The first-order valence-electron chi connectivity index (χ1n) is 20.0. The monoisotopic (exact) mass is 867 g/mol. The number of fused-ring (bicyclic) bond motifs is 1. The molecule has 6 amide bonds. The van der Waals surface area contributed by atoms with Crippen LogP contribution in [0, 0.1) is 5.92 Å². The topological polar surface area (TPSA) is 235 Å². The Hall–Kier alpha value is -6.86. The number of anilines is 3. The summed E-state index contributed by atoms with van der Waals surface area (Å²) in [6.45, 7) is 8.41. The van der Waals surface area contributed by atoms with Gasteiger partial charge in [-0.2, -0.15) is 4.68 Å². The van der Waals surface area contributed by atoms with E-state index in [2.05, 4.69) is 41.8 Å². The molecule has 3 aromatic carbocycles. The van der Waals surface area contributed by atoms with Gasteiger partial charge in [-0.15, -0.1) is 5.10 Å². The number of rotatable bonds is 10. The minimum atomic E-state index is -1.27. The lowest BCUT2D eigenvalue weighted by Gasteiger charge is -2.35. The van der Waals surface area contributed by atoms with Gasteiger partial charge in [0.05, 0.1) is 24.6 Å². The van der Waals surface area contributed by atoms with E-state index >= 15 is 0 Å². The van der Waals surface area contributed by atoms with E-state index < -0.39 is 35.3 Å². The molecule has 5 N–H and O–H groups in total. The van der Waals surface area contributed by atoms with Crippen molar-refractivity contribution in [3.05, 3.63) is 89.3 Å². The Morgan fingerprint density at radius 3 is 2.27 bits per heavy atom. The molecule has 2 saturated heterocycles. The molecule has 2 fully saturated rings. The summed E-state index contributed by atoms with van der Waals surface area (Å²) in [4.78, 5) is 86.2. The summed E-state index contributed by atoms with van der Waals surface area (Å²) in [5.74, 6) is -3.40. The number of hydrogen-bond donors (Lipinski definition) is 5. The number of H-pyrrole nitrogens is 1. The lowest BCUT2D eigenvalue weighted by molar-refractivity contribution is -0.141. The normalized spacial score (nSPS) is 15.1. The average molecular weight is 868 g/mol. The van der Waals surface area contributed by atoms with E-state index in [1.54, 1.807) is 86.3 Å². The van der Waals surface area contributed by atoms with Crippen molar-refractivity contribution in [2.75, 3.05) is 55.3 Å². The quantitative estimate of drug-likeness (QED) is 0.0988. The van der Waals surface area contributed by atoms with Crippen LogP contribution in [0.3, 0.4) is 0 Å². The Balaban J connectivity index is 1.03. The van der Waals surface area contributed by atoms with Crippen LogP contribution in [0.5, 0.6) is 0 Å². The molecule has 2 aliphatic heterocycles. The van der Waals surface area contributed by atoms with Gasteiger partial charge in [0.1, 0.15) is 23.7 Å². The Kier molecular flexibility index (Phi) is 13.1. The minimum Gasteiger partial charge on any atom is -0.455 e. The van der Waals surface area contributed by atoms with E-state index in [0.717, 1.165) is 0 Å². The number of ether oxygens (including phenoxy) is 2. The number of benzene rings is 3. The molecule has 324 valence electrons. The molecule has 2 aliphatic rings. The fraction of sp³-hybridized carbons (Fsp3) is 0.357.